The number of aromatic amines is 1. The maximum Gasteiger partial charge on any atom is 0.168 e. The van der Waals surface area contributed by atoms with E-state index in [9.17, 15) is 4.79 Å². The van der Waals surface area contributed by atoms with Crippen molar-refractivity contribution >= 4 is 28.6 Å². The minimum atomic E-state index is 0.0444. The number of methoxy groups -OCH3 is 1. The van der Waals surface area contributed by atoms with E-state index in [4.69, 9.17) is 9.47 Å². The Morgan fingerprint density at radius 1 is 1.47 bits per heavy atom. The Labute approximate surface area is 115 Å². The molecule has 0 saturated carbocycles. The summed E-state index contributed by atoms with van der Waals surface area (Å²) >= 11 is 1.38. The third kappa shape index (κ3) is 3.71. The molecular weight excluding hydrogens is 264 g/mol. The minimum absolute atomic E-state index is 0.0444. The number of nitrogens with zero attached hydrogens (tertiary/aromatic N) is 1. The van der Waals surface area contributed by atoms with Gasteiger partial charge in [-0.15, -0.1) is 0 Å². The second kappa shape index (κ2) is 6.58. The fourth-order valence-corrected chi connectivity index (χ4v) is 2.37. The first-order valence-corrected chi connectivity index (χ1v) is 6.97. The second-order valence-electron chi connectivity index (χ2n) is 3.91. The van der Waals surface area contributed by atoms with Gasteiger partial charge in [0.25, 0.3) is 0 Å². The van der Waals surface area contributed by atoms with Gasteiger partial charge in [-0.05, 0) is 19.1 Å². The molecule has 0 amide bonds. The molecule has 0 radical (unpaired) electrons. The van der Waals surface area contributed by atoms with E-state index in [1.54, 1.807) is 0 Å². The molecule has 0 atom stereocenters. The van der Waals surface area contributed by atoms with Crippen LogP contribution in [0.5, 0.6) is 5.75 Å². The zero-order valence-corrected chi connectivity index (χ0v) is 11.8. The summed E-state index contributed by atoms with van der Waals surface area (Å²) in [6.07, 6.45) is 0. The number of hydrogen-bond acceptors (Lipinski definition) is 5. The summed E-state index contributed by atoms with van der Waals surface area (Å²) < 4.78 is 10.2. The fourth-order valence-electron chi connectivity index (χ4n) is 1.64. The predicted octanol–water partition coefficient (Wildman–Crippen LogP) is 2.27. The van der Waals surface area contributed by atoms with Gasteiger partial charge in [-0.25, -0.2) is 4.98 Å². The first kappa shape index (κ1) is 13.9. The number of H-pyrrole nitrogens is 1. The molecule has 1 aromatic heterocycles. The van der Waals surface area contributed by atoms with Crippen molar-refractivity contribution in [3.05, 3.63) is 18.2 Å². The smallest absolute Gasteiger partial charge is 0.168 e. The van der Waals surface area contributed by atoms with E-state index in [1.807, 2.05) is 25.1 Å². The van der Waals surface area contributed by atoms with Crippen LogP contribution in [-0.2, 0) is 9.53 Å². The van der Waals surface area contributed by atoms with Gasteiger partial charge in [0.2, 0.25) is 0 Å². The van der Waals surface area contributed by atoms with Gasteiger partial charge in [0.1, 0.15) is 12.4 Å². The van der Waals surface area contributed by atoms with Crippen LogP contribution >= 0.6 is 11.8 Å². The lowest BCUT2D eigenvalue weighted by Crippen LogP contribution is -2.08. The van der Waals surface area contributed by atoms with Crippen molar-refractivity contribution in [3.63, 3.8) is 0 Å². The number of aromatic nitrogens is 2. The molecule has 2 rings (SSSR count). The number of carbonyl (C=O) groups is 1. The molecule has 0 aliphatic carbocycles. The first-order valence-electron chi connectivity index (χ1n) is 5.99. The highest BCUT2D eigenvalue weighted by molar-refractivity contribution is 7.99. The number of nitrogens with one attached hydrogen (secondary N) is 1. The van der Waals surface area contributed by atoms with Crippen molar-refractivity contribution in [3.8, 4) is 5.75 Å². The maximum atomic E-state index is 11.4. The van der Waals surface area contributed by atoms with Crippen LogP contribution in [0.15, 0.2) is 23.4 Å². The van der Waals surface area contributed by atoms with E-state index >= 15 is 0 Å². The van der Waals surface area contributed by atoms with Gasteiger partial charge in [-0.2, -0.15) is 0 Å². The SMILES string of the molecule is CCOc1ccc2nc(SCC(=O)COC)[nH]c2c1. The molecule has 6 heteroatoms. The normalized spacial score (nSPS) is 10.8. The molecule has 1 aromatic carbocycles. The van der Waals surface area contributed by atoms with Crippen LogP contribution in [-0.4, -0.2) is 41.8 Å². The Balaban J connectivity index is 2.06. The number of imidazole rings is 1. The van der Waals surface area contributed by atoms with E-state index < -0.39 is 0 Å². The van der Waals surface area contributed by atoms with E-state index in [0.29, 0.717) is 12.4 Å². The number of ketones is 1. The van der Waals surface area contributed by atoms with Crippen molar-refractivity contribution in [2.45, 2.75) is 12.1 Å². The molecule has 0 bridgehead atoms. The van der Waals surface area contributed by atoms with E-state index in [-0.39, 0.29) is 12.4 Å². The molecule has 0 spiro atoms. The predicted molar refractivity (Wildman–Crippen MR) is 74.9 cm³/mol. The lowest BCUT2D eigenvalue weighted by molar-refractivity contribution is -0.120. The lowest BCUT2D eigenvalue weighted by atomic mass is 10.3. The van der Waals surface area contributed by atoms with Gasteiger partial charge in [-0.3, -0.25) is 4.79 Å². The molecule has 0 unspecified atom stereocenters. The van der Waals surface area contributed by atoms with Crippen molar-refractivity contribution in [1.82, 2.24) is 9.97 Å². The number of hydrogen-bond donors (Lipinski definition) is 1. The molecule has 102 valence electrons. The molecule has 19 heavy (non-hydrogen) atoms. The number of rotatable bonds is 7. The Hall–Kier alpha value is -1.53. The van der Waals surface area contributed by atoms with Crippen LogP contribution in [0.25, 0.3) is 11.0 Å². The summed E-state index contributed by atoms with van der Waals surface area (Å²) in [5.41, 5.74) is 1.78. The topological polar surface area (TPSA) is 64.2 Å². The Kier molecular flexibility index (Phi) is 4.81. The molecule has 1 heterocycles. The Morgan fingerprint density at radius 2 is 2.32 bits per heavy atom. The number of fused-ring (bicyclic) bond motifs is 1. The molecule has 0 aliphatic heterocycles. The monoisotopic (exact) mass is 280 g/mol. The molecule has 1 N–H and O–H groups in total. The summed E-state index contributed by atoms with van der Waals surface area (Å²) in [6, 6.07) is 5.70. The highest BCUT2D eigenvalue weighted by atomic mass is 32.2. The second-order valence-corrected chi connectivity index (χ2v) is 4.88. The summed E-state index contributed by atoms with van der Waals surface area (Å²) in [4.78, 5) is 18.9. The zero-order valence-electron chi connectivity index (χ0n) is 10.9. The van der Waals surface area contributed by atoms with Gasteiger partial charge in [-0.1, -0.05) is 11.8 Å². The van der Waals surface area contributed by atoms with Crippen molar-refractivity contribution in [1.29, 1.82) is 0 Å². The van der Waals surface area contributed by atoms with Crippen LogP contribution < -0.4 is 4.74 Å². The third-order valence-electron chi connectivity index (χ3n) is 2.42. The van der Waals surface area contributed by atoms with Crippen molar-refractivity contribution < 1.29 is 14.3 Å². The fraction of sp³-hybridized carbons (Fsp3) is 0.385. The number of benzene rings is 1. The van der Waals surface area contributed by atoms with E-state index in [1.165, 1.54) is 18.9 Å². The van der Waals surface area contributed by atoms with Gasteiger partial charge in [0, 0.05) is 13.2 Å². The molecular formula is C13H16N2O3S. The maximum absolute atomic E-state index is 11.4. The third-order valence-corrected chi connectivity index (χ3v) is 3.35. The van der Waals surface area contributed by atoms with Crippen LogP contribution in [0.4, 0.5) is 0 Å². The number of thioether (sulfide) groups is 1. The quantitative estimate of drug-likeness (QED) is 0.788. The van der Waals surface area contributed by atoms with E-state index in [0.717, 1.165) is 21.9 Å². The zero-order chi connectivity index (χ0) is 13.7. The van der Waals surface area contributed by atoms with E-state index in [2.05, 4.69) is 9.97 Å². The van der Waals surface area contributed by atoms with Gasteiger partial charge < -0.3 is 14.5 Å². The Bertz CT molecular complexity index is 568. The van der Waals surface area contributed by atoms with Gasteiger partial charge in [0.05, 0.1) is 23.4 Å². The van der Waals surface area contributed by atoms with Crippen LogP contribution in [0.3, 0.4) is 0 Å². The van der Waals surface area contributed by atoms with Crippen molar-refractivity contribution in [2.24, 2.45) is 0 Å². The summed E-state index contributed by atoms with van der Waals surface area (Å²) in [6.45, 7) is 2.72. The Morgan fingerprint density at radius 3 is 3.05 bits per heavy atom. The summed E-state index contributed by atoms with van der Waals surface area (Å²) in [5.74, 6) is 1.21. The minimum Gasteiger partial charge on any atom is -0.494 e. The lowest BCUT2D eigenvalue weighted by Gasteiger charge is -2.00. The standard InChI is InChI=1S/C13H16N2O3S/c1-3-18-10-4-5-11-12(6-10)15-13(14-11)19-8-9(16)7-17-2/h4-6H,3,7-8H2,1-2H3,(H,14,15). The van der Waals surface area contributed by atoms with Crippen LogP contribution in [0, 0.1) is 0 Å². The molecule has 0 aliphatic rings. The van der Waals surface area contributed by atoms with Crippen molar-refractivity contribution in [2.75, 3.05) is 26.1 Å². The number of ether oxygens (including phenoxy) is 2. The summed E-state index contributed by atoms with van der Waals surface area (Å²) in [7, 11) is 1.51. The number of carbonyl (C=O) groups excluding carboxylic acids is 1. The van der Waals surface area contributed by atoms with Crippen LogP contribution in [0.2, 0.25) is 0 Å². The summed E-state index contributed by atoms with van der Waals surface area (Å²) in [5, 5.41) is 0.730. The molecule has 0 fully saturated rings. The highest BCUT2D eigenvalue weighted by Gasteiger charge is 2.07. The first-order chi connectivity index (χ1) is 9.22. The molecule has 5 nitrogen and oxygen atoms in total. The highest BCUT2D eigenvalue weighted by Crippen LogP contribution is 2.23. The average molecular weight is 280 g/mol. The molecule has 0 saturated heterocycles. The van der Waals surface area contributed by atoms with Gasteiger partial charge in [0.15, 0.2) is 10.9 Å². The average Bonchev–Trinajstić information content (AvgIpc) is 2.79. The van der Waals surface area contributed by atoms with Crippen LogP contribution in [0.1, 0.15) is 6.92 Å². The van der Waals surface area contributed by atoms with Gasteiger partial charge >= 0.3 is 0 Å². The largest absolute Gasteiger partial charge is 0.494 e. The number of Topliss-reactive ketones (excluding diaryl/α,β-unsaturated/α-hetero) is 1. The molecule has 2 aromatic rings.